The van der Waals surface area contributed by atoms with Crippen molar-refractivity contribution in [1.29, 1.82) is 10.5 Å². The van der Waals surface area contributed by atoms with Crippen LogP contribution in [0.3, 0.4) is 0 Å². The fraction of sp³-hybridized carbons (Fsp3) is 0.318. The predicted molar refractivity (Wildman–Crippen MR) is 95.7 cm³/mol. The molecule has 124 valence electrons. The van der Waals surface area contributed by atoms with Gasteiger partial charge in [-0.25, -0.2) is 0 Å². The standard InChI is InChI=1S/C22H20N2O/c1-15-3-7-17(8-4-15)20-11-19(25)12-21(22(20,13-23)14-24)18-9-5-16(2)6-10-18/h3-10,20-21H,11-12H2,1-2H3/t20-,21-/m0/s1. The largest absolute Gasteiger partial charge is 0.300 e. The minimum Gasteiger partial charge on any atom is -0.300 e. The molecule has 1 saturated carbocycles. The topological polar surface area (TPSA) is 64.7 Å². The van der Waals surface area contributed by atoms with Crippen LogP contribution >= 0.6 is 0 Å². The van der Waals surface area contributed by atoms with Crippen LogP contribution in [0.15, 0.2) is 48.5 Å². The Morgan fingerprint density at radius 1 is 0.800 bits per heavy atom. The van der Waals surface area contributed by atoms with Crippen molar-refractivity contribution in [2.24, 2.45) is 5.41 Å². The molecule has 0 spiro atoms. The van der Waals surface area contributed by atoms with Crippen molar-refractivity contribution in [3.8, 4) is 12.1 Å². The number of hydrogen-bond acceptors (Lipinski definition) is 3. The maximum atomic E-state index is 12.5. The number of carbonyl (C=O) groups excluding carboxylic acids is 1. The van der Waals surface area contributed by atoms with E-state index in [0.717, 1.165) is 22.3 Å². The van der Waals surface area contributed by atoms with Crippen molar-refractivity contribution in [3.63, 3.8) is 0 Å². The third kappa shape index (κ3) is 2.94. The van der Waals surface area contributed by atoms with E-state index in [-0.39, 0.29) is 18.6 Å². The quantitative estimate of drug-likeness (QED) is 0.811. The van der Waals surface area contributed by atoms with Crippen molar-refractivity contribution < 1.29 is 4.79 Å². The summed E-state index contributed by atoms with van der Waals surface area (Å²) in [5, 5.41) is 20.0. The van der Waals surface area contributed by atoms with E-state index in [4.69, 9.17) is 0 Å². The summed E-state index contributed by atoms with van der Waals surface area (Å²) in [6, 6.07) is 20.2. The molecule has 0 aromatic heterocycles. The van der Waals surface area contributed by atoms with Gasteiger partial charge in [-0.05, 0) is 25.0 Å². The SMILES string of the molecule is Cc1ccc([C@@H]2CC(=O)C[C@@H](c3ccc(C)cc3)C2(C#N)C#N)cc1. The third-order valence-corrected chi connectivity index (χ3v) is 5.29. The molecule has 0 unspecified atom stereocenters. The van der Waals surface area contributed by atoms with Crippen molar-refractivity contribution in [2.75, 3.05) is 0 Å². The fourth-order valence-corrected chi connectivity index (χ4v) is 3.80. The molecule has 1 aliphatic rings. The number of carbonyl (C=O) groups is 1. The van der Waals surface area contributed by atoms with E-state index in [2.05, 4.69) is 12.1 Å². The van der Waals surface area contributed by atoms with Crippen LogP contribution in [-0.2, 0) is 4.79 Å². The summed E-state index contributed by atoms with van der Waals surface area (Å²) in [7, 11) is 0. The lowest BCUT2D eigenvalue weighted by Gasteiger charge is -2.40. The Labute approximate surface area is 148 Å². The highest BCUT2D eigenvalue weighted by Gasteiger charge is 2.52. The van der Waals surface area contributed by atoms with Gasteiger partial charge < -0.3 is 0 Å². The van der Waals surface area contributed by atoms with E-state index >= 15 is 0 Å². The van der Waals surface area contributed by atoms with Gasteiger partial charge in [-0.2, -0.15) is 10.5 Å². The molecule has 2 aromatic rings. The Kier molecular flexibility index (Phi) is 4.43. The maximum absolute atomic E-state index is 12.5. The first-order valence-corrected chi connectivity index (χ1v) is 8.47. The van der Waals surface area contributed by atoms with Gasteiger partial charge in [0.05, 0.1) is 12.1 Å². The number of aryl methyl sites for hydroxylation is 2. The molecule has 25 heavy (non-hydrogen) atoms. The summed E-state index contributed by atoms with van der Waals surface area (Å²) >= 11 is 0. The smallest absolute Gasteiger partial charge is 0.158 e. The van der Waals surface area contributed by atoms with E-state index in [1.807, 2.05) is 62.4 Å². The van der Waals surface area contributed by atoms with Gasteiger partial charge in [0.2, 0.25) is 0 Å². The molecule has 3 rings (SSSR count). The fourth-order valence-electron chi connectivity index (χ4n) is 3.80. The lowest BCUT2D eigenvalue weighted by atomic mass is 9.57. The van der Waals surface area contributed by atoms with Crippen LogP contribution in [0, 0.1) is 41.9 Å². The Morgan fingerprint density at radius 3 is 1.48 bits per heavy atom. The monoisotopic (exact) mass is 328 g/mol. The third-order valence-electron chi connectivity index (χ3n) is 5.29. The van der Waals surface area contributed by atoms with Crippen LogP contribution in [0.25, 0.3) is 0 Å². The summed E-state index contributed by atoms with van der Waals surface area (Å²) in [4.78, 5) is 12.5. The molecule has 2 atom stereocenters. The van der Waals surface area contributed by atoms with E-state index in [0.29, 0.717) is 0 Å². The highest BCUT2D eigenvalue weighted by Crippen LogP contribution is 2.53. The molecule has 0 amide bonds. The van der Waals surface area contributed by atoms with Crippen LogP contribution in [-0.4, -0.2) is 5.78 Å². The van der Waals surface area contributed by atoms with Gasteiger partial charge in [-0.15, -0.1) is 0 Å². The zero-order chi connectivity index (χ0) is 18.0. The molecule has 1 fully saturated rings. The molecule has 1 aliphatic carbocycles. The molecular formula is C22H20N2O. The summed E-state index contributed by atoms with van der Waals surface area (Å²) in [5.74, 6) is -0.705. The second-order valence-electron chi connectivity index (χ2n) is 6.97. The Bertz CT molecular complexity index is 793. The minimum absolute atomic E-state index is 0.109. The first kappa shape index (κ1) is 16.9. The van der Waals surface area contributed by atoms with Crippen LogP contribution < -0.4 is 0 Å². The second-order valence-corrected chi connectivity index (χ2v) is 6.97. The van der Waals surface area contributed by atoms with Gasteiger partial charge in [0, 0.05) is 24.7 Å². The van der Waals surface area contributed by atoms with Gasteiger partial charge in [-0.1, -0.05) is 59.7 Å². The van der Waals surface area contributed by atoms with E-state index in [1.54, 1.807) is 0 Å². The van der Waals surface area contributed by atoms with Gasteiger partial charge in [0.15, 0.2) is 5.41 Å². The molecule has 0 N–H and O–H groups in total. The van der Waals surface area contributed by atoms with Crippen molar-refractivity contribution in [1.82, 2.24) is 0 Å². The molecule has 2 aromatic carbocycles. The highest BCUT2D eigenvalue weighted by molar-refractivity contribution is 5.82. The average Bonchev–Trinajstić information content (AvgIpc) is 2.63. The van der Waals surface area contributed by atoms with Crippen molar-refractivity contribution in [3.05, 3.63) is 70.8 Å². The molecule has 0 aliphatic heterocycles. The number of Topliss-reactive ketones (excluding diaryl/α,β-unsaturated/α-hetero) is 1. The predicted octanol–water partition coefficient (Wildman–Crippen LogP) is 4.57. The number of nitriles is 2. The maximum Gasteiger partial charge on any atom is 0.158 e. The summed E-state index contributed by atoms with van der Waals surface area (Å²) in [6.45, 7) is 3.99. The molecular weight excluding hydrogens is 308 g/mol. The average molecular weight is 328 g/mol. The number of ketones is 1. The number of rotatable bonds is 2. The lowest BCUT2D eigenvalue weighted by molar-refractivity contribution is -0.122. The zero-order valence-electron chi connectivity index (χ0n) is 14.5. The lowest BCUT2D eigenvalue weighted by Crippen LogP contribution is -2.39. The van der Waals surface area contributed by atoms with Gasteiger partial charge in [0.1, 0.15) is 5.78 Å². The van der Waals surface area contributed by atoms with E-state index in [9.17, 15) is 15.3 Å². The molecule has 0 heterocycles. The summed E-state index contributed by atoms with van der Waals surface area (Å²) in [6.07, 6.45) is 0.485. The Morgan fingerprint density at radius 2 is 1.16 bits per heavy atom. The van der Waals surface area contributed by atoms with Gasteiger partial charge >= 0.3 is 0 Å². The zero-order valence-corrected chi connectivity index (χ0v) is 14.5. The van der Waals surface area contributed by atoms with Crippen molar-refractivity contribution >= 4 is 5.78 Å². The number of hydrogen-bond donors (Lipinski definition) is 0. The summed E-state index contributed by atoms with van der Waals surface area (Å²) < 4.78 is 0. The van der Waals surface area contributed by atoms with Crippen LogP contribution in [0.5, 0.6) is 0 Å². The van der Waals surface area contributed by atoms with Crippen LogP contribution in [0.4, 0.5) is 0 Å². The first-order valence-electron chi connectivity index (χ1n) is 8.47. The molecule has 0 radical (unpaired) electrons. The highest BCUT2D eigenvalue weighted by atomic mass is 16.1. The molecule has 0 saturated heterocycles. The van der Waals surface area contributed by atoms with Crippen LogP contribution in [0.2, 0.25) is 0 Å². The first-order chi connectivity index (χ1) is 12.0. The summed E-state index contributed by atoms with van der Waals surface area (Å²) in [5.41, 5.74) is 2.76. The van der Waals surface area contributed by atoms with Crippen LogP contribution in [0.1, 0.15) is 46.9 Å². The number of nitrogens with zero attached hydrogens (tertiary/aromatic N) is 2. The minimum atomic E-state index is -1.24. The molecule has 3 nitrogen and oxygen atoms in total. The molecule has 3 heteroatoms. The van der Waals surface area contributed by atoms with Crippen molar-refractivity contribution in [2.45, 2.75) is 38.5 Å². The molecule has 0 bridgehead atoms. The Balaban J connectivity index is 2.13. The Hall–Kier alpha value is -2.91. The van der Waals surface area contributed by atoms with E-state index < -0.39 is 17.3 Å². The number of benzene rings is 2. The van der Waals surface area contributed by atoms with Gasteiger partial charge in [0.25, 0.3) is 0 Å². The van der Waals surface area contributed by atoms with E-state index in [1.165, 1.54) is 0 Å². The normalized spacial score (nSPS) is 22.0. The second kappa shape index (κ2) is 6.54. The van der Waals surface area contributed by atoms with Gasteiger partial charge in [-0.3, -0.25) is 4.79 Å².